The van der Waals surface area contributed by atoms with Crippen molar-refractivity contribution in [1.82, 2.24) is 0 Å². The topological polar surface area (TPSA) is 75.6 Å². The third kappa shape index (κ3) is 4.99. The van der Waals surface area contributed by atoms with E-state index in [2.05, 4.69) is 5.32 Å². The van der Waals surface area contributed by atoms with Crippen LogP contribution in [-0.2, 0) is 0 Å². The van der Waals surface area contributed by atoms with Crippen molar-refractivity contribution >= 4 is 17.6 Å². The molecule has 4 aromatic carbocycles. The van der Waals surface area contributed by atoms with Crippen LogP contribution in [0.25, 0.3) is 11.1 Å². The van der Waals surface area contributed by atoms with Crippen LogP contribution in [0.1, 0.15) is 20.7 Å². The van der Waals surface area contributed by atoms with Gasteiger partial charge in [-0.1, -0.05) is 36.4 Å². The minimum Gasteiger partial charge on any atom is -0.478 e. The standard InChI is InChI=1S/C26H18FNO4/c27-21-11-9-17(10-12-21)19-13-20(26(30)31)15-22(14-19)28-25(29)18-5-4-8-24(16-18)32-23-6-2-1-3-7-23/h1-16H,(H,28,29)(H,30,31). The predicted molar refractivity (Wildman–Crippen MR) is 120 cm³/mol. The van der Waals surface area contributed by atoms with Crippen molar-refractivity contribution in [3.05, 3.63) is 114 Å². The van der Waals surface area contributed by atoms with Crippen LogP contribution < -0.4 is 10.1 Å². The van der Waals surface area contributed by atoms with Crippen LogP contribution >= 0.6 is 0 Å². The fourth-order valence-corrected chi connectivity index (χ4v) is 3.16. The zero-order valence-corrected chi connectivity index (χ0v) is 16.8. The number of anilines is 1. The Kier molecular flexibility index (Phi) is 5.94. The monoisotopic (exact) mass is 427 g/mol. The molecule has 0 aromatic heterocycles. The number of hydrogen-bond acceptors (Lipinski definition) is 3. The van der Waals surface area contributed by atoms with E-state index in [1.54, 1.807) is 54.6 Å². The molecular weight excluding hydrogens is 409 g/mol. The van der Waals surface area contributed by atoms with Crippen molar-refractivity contribution in [2.45, 2.75) is 0 Å². The van der Waals surface area contributed by atoms with Gasteiger partial charge >= 0.3 is 5.97 Å². The molecule has 5 nitrogen and oxygen atoms in total. The minimum absolute atomic E-state index is 0.00304. The summed E-state index contributed by atoms with van der Waals surface area (Å²) in [6.07, 6.45) is 0. The summed E-state index contributed by atoms with van der Waals surface area (Å²) in [5.41, 5.74) is 1.83. The third-order valence-corrected chi connectivity index (χ3v) is 4.69. The molecule has 6 heteroatoms. The van der Waals surface area contributed by atoms with Crippen LogP contribution in [0.2, 0.25) is 0 Å². The first-order chi connectivity index (χ1) is 15.5. The molecule has 158 valence electrons. The van der Waals surface area contributed by atoms with E-state index < -0.39 is 17.7 Å². The zero-order chi connectivity index (χ0) is 22.5. The highest BCUT2D eigenvalue weighted by atomic mass is 19.1. The van der Waals surface area contributed by atoms with Gasteiger partial charge in [-0.25, -0.2) is 9.18 Å². The molecule has 0 fully saturated rings. The van der Waals surface area contributed by atoms with E-state index in [9.17, 15) is 19.1 Å². The van der Waals surface area contributed by atoms with Crippen molar-refractivity contribution in [1.29, 1.82) is 0 Å². The van der Waals surface area contributed by atoms with Gasteiger partial charge < -0.3 is 15.2 Å². The highest BCUT2D eigenvalue weighted by Gasteiger charge is 2.13. The number of aromatic carboxylic acids is 1. The van der Waals surface area contributed by atoms with Crippen LogP contribution in [0.4, 0.5) is 10.1 Å². The van der Waals surface area contributed by atoms with E-state index in [1.165, 1.54) is 24.3 Å². The first kappa shape index (κ1) is 20.8. The maximum Gasteiger partial charge on any atom is 0.335 e. The Bertz CT molecular complexity index is 1270. The lowest BCUT2D eigenvalue weighted by Crippen LogP contribution is -2.12. The summed E-state index contributed by atoms with van der Waals surface area (Å²) < 4.78 is 19.0. The maximum atomic E-state index is 13.3. The van der Waals surface area contributed by atoms with Crippen LogP contribution in [0.15, 0.2) is 97.1 Å². The number of hydrogen-bond donors (Lipinski definition) is 2. The zero-order valence-electron chi connectivity index (χ0n) is 16.8. The average molecular weight is 427 g/mol. The van der Waals surface area contributed by atoms with Gasteiger partial charge in [0.1, 0.15) is 17.3 Å². The molecule has 0 heterocycles. The number of carbonyl (C=O) groups is 2. The molecule has 0 spiro atoms. The highest BCUT2D eigenvalue weighted by molar-refractivity contribution is 6.05. The molecule has 2 N–H and O–H groups in total. The van der Waals surface area contributed by atoms with Gasteiger partial charge in [-0.2, -0.15) is 0 Å². The fourth-order valence-electron chi connectivity index (χ4n) is 3.16. The van der Waals surface area contributed by atoms with Gasteiger partial charge in [0.05, 0.1) is 5.56 Å². The minimum atomic E-state index is -1.14. The summed E-state index contributed by atoms with van der Waals surface area (Å²) in [7, 11) is 0. The molecule has 0 aliphatic rings. The molecule has 1 amide bonds. The largest absolute Gasteiger partial charge is 0.478 e. The van der Waals surface area contributed by atoms with Crippen molar-refractivity contribution in [2.75, 3.05) is 5.32 Å². The summed E-state index contributed by atoms with van der Waals surface area (Å²) in [5.74, 6) is -0.814. The third-order valence-electron chi connectivity index (χ3n) is 4.69. The maximum absolute atomic E-state index is 13.3. The van der Waals surface area contributed by atoms with E-state index in [1.807, 2.05) is 18.2 Å². The number of nitrogens with one attached hydrogen (secondary N) is 1. The van der Waals surface area contributed by atoms with E-state index in [0.29, 0.717) is 33.9 Å². The molecule has 0 saturated carbocycles. The molecule has 0 aliphatic heterocycles. The molecule has 0 saturated heterocycles. The summed E-state index contributed by atoms with van der Waals surface area (Å²) in [5, 5.41) is 12.2. The summed E-state index contributed by atoms with van der Waals surface area (Å²) >= 11 is 0. The number of benzene rings is 4. The molecule has 4 rings (SSSR count). The van der Waals surface area contributed by atoms with Crippen molar-refractivity contribution in [3.63, 3.8) is 0 Å². The summed E-state index contributed by atoms with van der Waals surface area (Å²) in [6.45, 7) is 0. The Morgan fingerprint density at radius 3 is 2.16 bits per heavy atom. The number of carboxylic acid groups (broad SMARTS) is 1. The van der Waals surface area contributed by atoms with Gasteiger partial charge in [-0.05, 0) is 71.8 Å². The second-order valence-electron chi connectivity index (χ2n) is 7.01. The Labute approximate surface area is 183 Å². The van der Waals surface area contributed by atoms with E-state index in [4.69, 9.17) is 4.74 Å². The first-order valence-corrected chi connectivity index (χ1v) is 9.76. The number of halogens is 1. The lowest BCUT2D eigenvalue weighted by atomic mass is 10.0. The number of para-hydroxylation sites is 1. The molecule has 32 heavy (non-hydrogen) atoms. The second-order valence-corrected chi connectivity index (χ2v) is 7.01. The van der Waals surface area contributed by atoms with Crippen LogP contribution in [0.5, 0.6) is 11.5 Å². The number of rotatable bonds is 6. The Morgan fingerprint density at radius 2 is 1.44 bits per heavy atom. The van der Waals surface area contributed by atoms with Gasteiger partial charge in [0.2, 0.25) is 0 Å². The number of carbonyl (C=O) groups excluding carboxylic acids is 1. The van der Waals surface area contributed by atoms with E-state index in [-0.39, 0.29) is 5.56 Å². The van der Waals surface area contributed by atoms with Gasteiger partial charge in [0, 0.05) is 11.3 Å². The second kappa shape index (κ2) is 9.14. The van der Waals surface area contributed by atoms with Crippen molar-refractivity contribution < 1.29 is 23.8 Å². The molecule has 0 aliphatic carbocycles. The molecule has 4 aromatic rings. The molecule has 0 radical (unpaired) electrons. The van der Waals surface area contributed by atoms with Gasteiger partial charge in [-0.3, -0.25) is 4.79 Å². The van der Waals surface area contributed by atoms with Crippen LogP contribution in [0.3, 0.4) is 0 Å². The predicted octanol–water partition coefficient (Wildman–Crippen LogP) is 6.24. The number of amides is 1. The SMILES string of the molecule is O=C(O)c1cc(NC(=O)c2cccc(Oc3ccccc3)c2)cc(-c2ccc(F)cc2)c1. The van der Waals surface area contributed by atoms with Crippen molar-refractivity contribution in [2.24, 2.45) is 0 Å². The van der Waals surface area contributed by atoms with Crippen LogP contribution in [-0.4, -0.2) is 17.0 Å². The van der Waals surface area contributed by atoms with Gasteiger partial charge in [0.15, 0.2) is 0 Å². The summed E-state index contributed by atoms with van der Waals surface area (Å²) in [6, 6.07) is 26.0. The Morgan fingerprint density at radius 1 is 0.719 bits per heavy atom. The quantitative estimate of drug-likeness (QED) is 0.382. The fraction of sp³-hybridized carbons (Fsp3) is 0. The molecule has 0 bridgehead atoms. The van der Waals surface area contributed by atoms with Gasteiger partial charge in [-0.15, -0.1) is 0 Å². The lowest BCUT2D eigenvalue weighted by molar-refractivity contribution is 0.0696. The summed E-state index contributed by atoms with van der Waals surface area (Å²) in [4.78, 5) is 24.4. The molecular formula is C26H18FNO4. The number of ether oxygens (including phenoxy) is 1. The average Bonchev–Trinajstić information content (AvgIpc) is 2.80. The van der Waals surface area contributed by atoms with E-state index >= 15 is 0 Å². The normalized spacial score (nSPS) is 10.4. The first-order valence-electron chi connectivity index (χ1n) is 9.76. The highest BCUT2D eigenvalue weighted by Crippen LogP contribution is 2.27. The van der Waals surface area contributed by atoms with E-state index in [0.717, 1.165) is 0 Å². The molecule has 0 atom stereocenters. The smallest absolute Gasteiger partial charge is 0.335 e. The van der Waals surface area contributed by atoms with Crippen LogP contribution in [0, 0.1) is 5.82 Å². The lowest BCUT2D eigenvalue weighted by Gasteiger charge is -2.11. The Hall–Kier alpha value is -4.45. The molecule has 0 unspecified atom stereocenters. The Balaban J connectivity index is 1.59. The number of carboxylic acids is 1. The van der Waals surface area contributed by atoms with Crippen molar-refractivity contribution in [3.8, 4) is 22.6 Å². The van der Waals surface area contributed by atoms with Gasteiger partial charge in [0.25, 0.3) is 5.91 Å².